The van der Waals surface area contributed by atoms with Crippen molar-refractivity contribution in [3.05, 3.63) is 40.7 Å². The van der Waals surface area contributed by atoms with Gasteiger partial charge in [-0.1, -0.05) is 16.8 Å². The number of hydrogen-bond donors (Lipinski definition) is 1. The minimum absolute atomic E-state index is 0.123. The Bertz CT molecular complexity index is 757. The van der Waals surface area contributed by atoms with Gasteiger partial charge in [0.1, 0.15) is 11.5 Å². The second-order valence-electron chi connectivity index (χ2n) is 6.20. The minimum Gasteiger partial charge on any atom is -0.492 e. The van der Waals surface area contributed by atoms with E-state index in [1.807, 2.05) is 19.9 Å². The molecule has 1 aliphatic rings. The number of aromatic nitrogens is 1. The Labute approximate surface area is 157 Å². The molecule has 2 amide bonds. The molecule has 1 saturated heterocycles. The second kappa shape index (κ2) is 8.42. The number of hydrogen-bond acceptors (Lipinski definition) is 5. The number of benzene rings is 1. The van der Waals surface area contributed by atoms with Crippen molar-refractivity contribution >= 4 is 23.3 Å². The van der Waals surface area contributed by atoms with Crippen molar-refractivity contribution in [3.63, 3.8) is 0 Å². The molecular formula is C18H23ClN4O3. The smallest absolute Gasteiger partial charge is 0.321 e. The Morgan fingerprint density at radius 2 is 2.08 bits per heavy atom. The number of nitrogens with one attached hydrogen (secondary N) is 1. The first-order valence-corrected chi connectivity index (χ1v) is 9.05. The maximum absolute atomic E-state index is 12.5. The summed E-state index contributed by atoms with van der Waals surface area (Å²) in [4.78, 5) is 16.5. The highest BCUT2D eigenvalue weighted by molar-refractivity contribution is 6.32. The quantitative estimate of drug-likeness (QED) is 0.863. The van der Waals surface area contributed by atoms with E-state index in [1.165, 1.54) is 0 Å². The Balaban J connectivity index is 1.49. The van der Waals surface area contributed by atoms with E-state index in [2.05, 4.69) is 15.4 Å². The first-order chi connectivity index (χ1) is 12.5. The van der Waals surface area contributed by atoms with E-state index in [1.54, 1.807) is 23.1 Å². The SMILES string of the molecule is CCOc1ccc(NC(=O)N2CCN(Cc3cc(C)on3)CC2)cc1Cl. The largest absolute Gasteiger partial charge is 0.492 e. The van der Waals surface area contributed by atoms with Crippen LogP contribution in [0.2, 0.25) is 5.02 Å². The van der Waals surface area contributed by atoms with Crippen LogP contribution in [0.25, 0.3) is 0 Å². The highest BCUT2D eigenvalue weighted by Crippen LogP contribution is 2.27. The average molecular weight is 379 g/mol. The van der Waals surface area contributed by atoms with Crippen LogP contribution in [-0.2, 0) is 6.54 Å². The minimum atomic E-state index is -0.123. The summed E-state index contributed by atoms with van der Waals surface area (Å²) in [6.45, 7) is 7.97. The number of carbonyl (C=O) groups excluding carboxylic acids is 1. The molecule has 140 valence electrons. The number of nitrogens with zero attached hydrogens (tertiary/aromatic N) is 3. The van der Waals surface area contributed by atoms with E-state index in [0.717, 1.165) is 31.1 Å². The van der Waals surface area contributed by atoms with E-state index >= 15 is 0 Å². The molecule has 1 aromatic carbocycles. The molecule has 3 rings (SSSR count). The van der Waals surface area contributed by atoms with E-state index in [-0.39, 0.29) is 6.03 Å². The Hall–Kier alpha value is -2.25. The number of halogens is 1. The van der Waals surface area contributed by atoms with E-state index in [4.69, 9.17) is 20.9 Å². The summed E-state index contributed by atoms with van der Waals surface area (Å²) in [5, 5.41) is 7.39. The average Bonchev–Trinajstić information content (AvgIpc) is 3.03. The van der Waals surface area contributed by atoms with Crippen LogP contribution in [0, 0.1) is 6.92 Å². The fourth-order valence-corrected chi connectivity index (χ4v) is 3.12. The van der Waals surface area contributed by atoms with Gasteiger partial charge in [-0.3, -0.25) is 4.90 Å². The summed E-state index contributed by atoms with van der Waals surface area (Å²) in [6, 6.07) is 7.07. The number of anilines is 1. The zero-order valence-corrected chi connectivity index (χ0v) is 15.8. The lowest BCUT2D eigenvalue weighted by Crippen LogP contribution is -2.49. The Kier molecular flexibility index (Phi) is 6.00. The number of amides is 2. The molecule has 0 atom stereocenters. The van der Waals surface area contributed by atoms with E-state index in [9.17, 15) is 4.79 Å². The van der Waals surface area contributed by atoms with Crippen LogP contribution in [0.4, 0.5) is 10.5 Å². The molecule has 26 heavy (non-hydrogen) atoms. The fraction of sp³-hybridized carbons (Fsp3) is 0.444. The van der Waals surface area contributed by atoms with Crippen molar-refractivity contribution in [3.8, 4) is 5.75 Å². The lowest BCUT2D eigenvalue weighted by atomic mass is 10.2. The molecule has 0 unspecified atom stereocenters. The van der Waals surface area contributed by atoms with E-state index < -0.39 is 0 Å². The number of rotatable bonds is 5. The zero-order chi connectivity index (χ0) is 18.5. The Morgan fingerprint density at radius 1 is 1.31 bits per heavy atom. The monoisotopic (exact) mass is 378 g/mol. The van der Waals surface area contributed by atoms with Crippen molar-refractivity contribution in [1.82, 2.24) is 15.0 Å². The predicted octanol–water partition coefficient (Wildman–Crippen LogP) is 3.38. The lowest BCUT2D eigenvalue weighted by Gasteiger charge is -2.34. The maximum Gasteiger partial charge on any atom is 0.321 e. The van der Waals surface area contributed by atoms with Gasteiger partial charge in [0.25, 0.3) is 0 Å². The fourth-order valence-electron chi connectivity index (χ4n) is 2.88. The molecule has 0 spiro atoms. The van der Waals surface area contributed by atoms with Gasteiger partial charge in [0, 0.05) is 44.5 Å². The normalized spacial score (nSPS) is 15.1. The standard InChI is InChI=1S/C18H23ClN4O3/c1-3-25-17-5-4-14(11-16(17)19)20-18(24)23-8-6-22(7-9-23)12-15-10-13(2)26-21-15/h4-5,10-11H,3,6-9,12H2,1-2H3,(H,20,24). The van der Waals surface area contributed by atoms with Crippen molar-refractivity contribution in [1.29, 1.82) is 0 Å². The van der Waals surface area contributed by atoms with Crippen LogP contribution in [0.3, 0.4) is 0 Å². The van der Waals surface area contributed by atoms with Gasteiger partial charge in [0.2, 0.25) is 0 Å². The highest BCUT2D eigenvalue weighted by atomic mass is 35.5. The number of ether oxygens (including phenoxy) is 1. The summed E-state index contributed by atoms with van der Waals surface area (Å²) in [6.07, 6.45) is 0. The summed E-state index contributed by atoms with van der Waals surface area (Å²) in [7, 11) is 0. The van der Waals surface area contributed by atoms with Gasteiger partial charge in [0.15, 0.2) is 0 Å². The maximum atomic E-state index is 12.5. The molecule has 0 aliphatic carbocycles. The van der Waals surface area contributed by atoms with Gasteiger partial charge < -0.3 is 19.5 Å². The first-order valence-electron chi connectivity index (χ1n) is 8.68. The molecule has 2 heterocycles. The van der Waals surface area contributed by atoms with Crippen LogP contribution < -0.4 is 10.1 Å². The summed E-state index contributed by atoms with van der Waals surface area (Å²) < 4.78 is 10.5. The third-order valence-corrected chi connectivity index (χ3v) is 4.50. The van der Waals surface area contributed by atoms with Gasteiger partial charge in [-0.05, 0) is 32.0 Å². The van der Waals surface area contributed by atoms with Crippen LogP contribution in [0.15, 0.2) is 28.8 Å². The molecule has 0 bridgehead atoms. The predicted molar refractivity (Wildman–Crippen MR) is 99.7 cm³/mol. The van der Waals surface area contributed by atoms with Gasteiger partial charge in [0.05, 0.1) is 17.3 Å². The molecule has 0 saturated carbocycles. The molecular weight excluding hydrogens is 356 g/mol. The van der Waals surface area contributed by atoms with Gasteiger partial charge >= 0.3 is 6.03 Å². The summed E-state index contributed by atoms with van der Waals surface area (Å²) >= 11 is 6.17. The van der Waals surface area contributed by atoms with Crippen molar-refractivity contribution in [2.24, 2.45) is 0 Å². The van der Waals surface area contributed by atoms with Crippen LogP contribution in [-0.4, -0.2) is 53.8 Å². The lowest BCUT2D eigenvalue weighted by molar-refractivity contribution is 0.141. The van der Waals surface area contributed by atoms with Crippen LogP contribution in [0.1, 0.15) is 18.4 Å². The van der Waals surface area contributed by atoms with Crippen molar-refractivity contribution < 1.29 is 14.1 Å². The number of aryl methyl sites for hydroxylation is 1. The first kappa shape index (κ1) is 18.5. The van der Waals surface area contributed by atoms with Crippen LogP contribution in [0.5, 0.6) is 5.75 Å². The van der Waals surface area contributed by atoms with E-state index in [0.29, 0.717) is 36.2 Å². The number of urea groups is 1. The third kappa shape index (κ3) is 4.68. The second-order valence-corrected chi connectivity index (χ2v) is 6.61. The van der Waals surface area contributed by atoms with Gasteiger partial charge in [-0.2, -0.15) is 0 Å². The zero-order valence-electron chi connectivity index (χ0n) is 15.0. The number of carbonyl (C=O) groups is 1. The topological polar surface area (TPSA) is 70.8 Å². The highest BCUT2D eigenvalue weighted by Gasteiger charge is 2.22. The van der Waals surface area contributed by atoms with Gasteiger partial charge in [-0.15, -0.1) is 0 Å². The molecule has 0 radical (unpaired) electrons. The molecule has 1 fully saturated rings. The van der Waals surface area contributed by atoms with Crippen molar-refractivity contribution in [2.75, 3.05) is 38.1 Å². The number of piperazine rings is 1. The summed E-state index contributed by atoms with van der Waals surface area (Å²) in [5.74, 6) is 1.43. The Morgan fingerprint density at radius 3 is 2.69 bits per heavy atom. The molecule has 1 aromatic heterocycles. The molecule has 1 aliphatic heterocycles. The summed E-state index contributed by atoms with van der Waals surface area (Å²) in [5.41, 5.74) is 1.58. The van der Waals surface area contributed by atoms with Crippen molar-refractivity contribution in [2.45, 2.75) is 20.4 Å². The molecule has 1 N–H and O–H groups in total. The third-order valence-electron chi connectivity index (χ3n) is 4.20. The van der Waals surface area contributed by atoms with Gasteiger partial charge in [-0.25, -0.2) is 4.79 Å². The molecule has 8 heteroatoms. The molecule has 2 aromatic rings. The molecule has 7 nitrogen and oxygen atoms in total. The van der Waals surface area contributed by atoms with Crippen LogP contribution >= 0.6 is 11.6 Å².